The first-order chi connectivity index (χ1) is 6.98. The van der Waals surface area contributed by atoms with E-state index in [2.05, 4.69) is 4.72 Å². The van der Waals surface area contributed by atoms with Crippen LogP contribution < -0.4 is 4.72 Å². The summed E-state index contributed by atoms with van der Waals surface area (Å²) in [6, 6.07) is 0. The van der Waals surface area contributed by atoms with Crippen LogP contribution in [0.1, 0.15) is 39.5 Å². The van der Waals surface area contributed by atoms with E-state index in [0.717, 1.165) is 25.7 Å². The Morgan fingerprint density at radius 1 is 1.20 bits per heavy atom. The highest BCUT2D eigenvalue weighted by Crippen LogP contribution is 2.02. The molecule has 0 aliphatic carbocycles. The van der Waals surface area contributed by atoms with Gasteiger partial charge in [-0.25, -0.2) is 13.1 Å². The minimum absolute atomic E-state index is 0.236. The fourth-order valence-electron chi connectivity index (χ4n) is 1.09. The monoisotopic (exact) mass is 255 g/mol. The molecule has 0 aliphatic rings. The van der Waals surface area contributed by atoms with Crippen LogP contribution in [0.5, 0.6) is 0 Å². The molecule has 0 radical (unpaired) electrons. The zero-order valence-corrected chi connectivity index (χ0v) is 11.2. The van der Waals surface area contributed by atoms with Gasteiger partial charge in [0.2, 0.25) is 10.0 Å². The first kappa shape index (κ1) is 15.2. The van der Waals surface area contributed by atoms with Gasteiger partial charge >= 0.3 is 0 Å². The van der Waals surface area contributed by atoms with Gasteiger partial charge in [0, 0.05) is 12.4 Å². The van der Waals surface area contributed by atoms with Gasteiger partial charge in [0.1, 0.15) is 0 Å². The third kappa shape index (κ3) is 10.5. The molecule has 0 unspecified atom stereocenters. The van der Waals surface area contributed by atoms with E-state index in [1.54, 1.807) is 0 Å². The number of halogens is 1. The summed E-state index contributed by atoms with van der Waals surface area (Å²) in [5.41, 5.74) is 0. The number of alkyl halides is 1. The predicted octanol–water partition coefficient (Wildman–Crippen LogP) is 2.36. The van der Waals surface area contributed by atoms with E-state index in [1.165, 1.54) is 0 Å². The third-order valence-electron chi connectivity index (χ3n) is 2.10. The maximum Gasteiger partial charge on any atom is 0.211 e. The second-order valence-electron chi connectivity index (χ2n) is 4.15. The Morgan fingerprint density at radius 2 is 1.87 bits per heavy atom. The molecule has 0 aromatic heterocycles. The number of unbranched alkanes of at least 4 members (excludes halogenated alkanes) is 2. The number of hydrogen-bond acceptors (Lipinski definition) is 2. The van der Waals surface area contributed by atoms with Crippen LogP contribution in [-0.2, 0) is 10.0 Å². The van der Waals surface area contributed by atoms with Crippen LogP contribution in [0.3, 0.4) is 0 Å². The highest BCUT2D eigenvalue weighted by molar-refractivity contribution is 7.89. The normalized spacial score (nSPS) is 12.3. The first-order valence-electron chi connectivity index (χ1n) is 5.51. The standard InChI is InChI=1S/C10H22ClNO2S/c1-10(2)6-9-15(13,14)12-8-5-3-4-7-11/h10,12H,3-9H2,1-2H3. The molecular weight excluding hydrogens is 234 g/mol. The van der Waals surface area contributed by atoms with Gasteiger partial charge in [-0.2, -0.15) is 0 Å². The molecule has 0 atom stereocenters. The van der Waals surface area contributed by atoms with Crippen molar-refractivity contribution in [2.45, 2.75) is 39.5 Å². The molecule has 0 rings (SSSR count). The summed E-state index contributed by atoms with van der Waals surface area (Å²) in [4.78, 5) is 0. The maximum absolute atomic E-state index is 11.4. The van der Waals surface area contributed by atoms with E-state index >= 15 is 0 Å². The molecule has 0 aliphatic heterocycles. The van der Waals surface area contributed by atoms with Crippen molar-refractivity contribution >= 4 is 21.6 Å². The van der Waals surface area contributed by atoms with Gasteiger partial charge in [0.25, 0.3) is 0 Å². The molecule has 3 nitrogen and oxygen atoms in total. The lowest BCUT2D eigenvalue weighted by atomic mass is 10.2. The molecule has 5 heteroatoms. The summed E-state index contributed by atoms with van der Waals surface area (Å²) in [5.74, 6) is 1.32. The summed E-state index contributed by atoms with van der Waals surface area (Å²) in [6.45, 7) is 4.59. The lowest BCUT2D eigenvalue weighted by molar-refractivity contribution is 0.558. The number of nitrogens with one attached hydrogen (secondary N) is 1. The van der Waals surface area contributed by atoms with Crippen molar-refractivity contribution in [1.29, 1.82) is 0 Å². The second-order valence-corrected chi connectivity index (χ2v) is 6.45. The van der Waals surface area contributed by atoms with Gasteiger partial charge in [0.15, 0.2) is 0 Å². The Balaban J connectivity index is 3.56. The molecule has 0 saturated heterocycles. The topological polar surface area (TPSA) is 46.2 Å². The number of hydrogen-bond donors (Lipinski definition) is 1. The summed E-state index contributed by atoms with van der Waals surface area (Å²) in [5, 5.41) is 0. The Hall–Kier alpha value is 0.200. The van der Waals surface area contributed by atoms with E-state index in [9.17, 15) is 8.42 Å². The van der Waals surface area contributed by atoms with Crippen molar-refractivity contribution in [1.82, 2.24) is 4.72 Å². The van der Waals surface area contributed by atoms with Crippen molar-refractivity contribution in [3.05, 3.63) is 0 Å². The van der Waals surface area contributed by atoms with Gasteiger partial charge in [0.05, 0.1) is 5.75 Å². The van der Waals surface area contributed by atoms with Crippen molar-refractivity contribution < 1.29 is 8.42 Å². The predicted molar refractivity (Wildman–Crippen MR) is 65.8 cm³/mol. The quantitative estimate of drug-likeness (QED) is 0.508. The van der Waals surface area contributed by atoms with Crippen LogP contribution in [-0.4, -0.2) is 26.6 Å². The van der Waals surface area contributed by atoms with Crippen LogP contribution in [0.4, 0.5) is 0 Å². The van der Waals surface area contributed by atoms with Crippen molar-refractivity contribution in [2.75, 3.05) is 18.2 Å². The SMILES string of the molecule is CC(C)CCS(=O)(=O)NCCCCCCl. The fourth-order valence-corrected chi connectivity index (χ4v) is 2.66. The van der Waals surface area contributed by atoms with E-state index in [0.29, 0.717) is 18.3 Å². The molecule has 0 aromatic rings. The van der Waals surface area contributed by atoms with Gasteiger partial charge in [-0.15, -0.1) is 11.6 Å². The number of rotatable bonds is 9. The molecule has 0 spiro atoms. The zero-order chi connectivity index (χ0) is 11.7. The molecule has 0 saturated carbocycles. The van der Waals surface area contributed by atoms with Crippen LogP contribution in [0, 0.1) is 5.92 Å². The molecule has 1 N–H and O–H groups in total. The molecule has 0 bridgehead atoms. The Bertz CT molecular complexity index is 240. The molecule has 0 fully saturated rings. The minimum Gasteiger partial charge on any atom is -0.215 e. The van der Waals surface area contributed by atoms with Gasteiger partial charge in [-0.1, -0.05) is 20.3 Å². The van der Waals surface area contributed by atoms with E-state index in [-0.39, 0.29) is 5.75 Å². The summed E-state index contributed by atoms with van der Waals surface area (Å²) < 4.78 is 25.5. The summed E-state index contributed by atoms with van der Waals surface area (Å²) in [7, 11) is -3.05. The molecule has 15 heavy (non-hydrogen) atoms. The third-order valence-corrected chi connectivity index (χ3v) is 3.78. The molecule has 0 heterocycles. The molecule has 0 aromatic carbocycles. The minimum atomic E-state index is -3.05. The first-order valence-corrected chi connectivity index (χ1v) is 7.70. The van der Waals surface area contributed by atoms with Crippen molar-refractivity contribution in [3.8, 4) is 0 Å². The average Bonchev–Trinajstić information content (AvgIpc) is 2.15. The van der Waals surface area contributed by atoms with Gasteiger partial charge in [-0.3, -0.25) is 0 Å². The van der Waals surface area contributed by atoms with E-state index in [4.69, 9.17) is 11.6 Å². The molecular formula is C10H22ClNO2S. The number of sulfonamides is 1. The second kappa shape index (κ2) is 8.36. The Labute approximate surface area is 98.6 Å². The molecule has 92 valence electrons. The van der Waals surface area contributed by atoms with Crippen molar-refractivity contribution in [2.24, 2.45) is 5.92 Å². The lowest BCUT2D eigenvalue weighted by Gasteiger charge is -2.07. The highest BCUT2D eigenvalue weighted by Gasteiger charge is 2.09. The van der Waals surface area contributed by atoms with Gasteiger partial charge in [-0.05, 0) is 25.2 Å². The Kier molecular flexibility index (Phi) is 8.47. The largest absolute Gasteiger partial charge is 0.215 e. The smallest absolute Gasteiger partial charge is 0.211 e. The van der Waals surface area contributed by atoms with Gasteiger partial charge < -0.3 is 0 Å². The maximum atomic E-state index is 11.4. The summed E-state index contributed by atoms with van der Waals surface area (Å²) in [6.07, 6.45) is 3.52. The van der Waals surface area contributed by atoms with Crippen LogP contribution in [0.15, 0.2) is 0 Å². The van der Waals surface area contributed by atoms with Crippen molar-refractivity contribution in [3.63, 3.8) is 0 Å². The Morgan fingerprint density at radius 3 is 2.40 bits per heavy atom. The summed E-state index contributed by atoms with van der Waals surface area (Å²) >= 11 is 5.52. The van der Waals surface area contributed by atoms with Crippen LogP contribution in [0.25, 0.3) is 0 Å². The lowest BCUT2D eigenvalue weighted by Crippen LogP contribution is -2.27. The van der Waals surface area contributed by atoms with Crippen LogP contribution in [0.2, 0.25) is 0 Å². The molecule has 0 amide bonds. The average molecular weight is 256 g/mol. The zero-order valence-electron chi connectivity index (χ0n) is 9.63. The fraction of sp³-hybridized carbons (Fsp3) is 1.00. The van der Waals surface area contributed by atoms with E-state index in [1.807, 2.05) is 13.8 Å². The highest BCUT2D eigenvalue weighted by atomic mass is 35.5. The van der Waals surface area contributed by atoms with E-state index < -0.39 is 10.0 Å². The van der Waals surface area contributed by atoms with Crippen LogP contribution >= 0.6 is 11.6 Å².